The van der Waals surface area contributed by atoms with Gasteiger partial charge in [0.25, 0.3) is 0 Å². The van der Waals surface area contributed by atoms with Gasteiger partial charge < -0.3 is 14.4 Å². The molecule has 0 aliphatic carbocycles. The number of anilines is 1. The quantitative estimate of drug-likeness (QED) is 0.788. The van der Waals surface area contributed by atoms with Crippen LogP contribution in [0.3, 0.4) is 0 Å². The van der Waals surface area contributed by atoms with Crippen LogP contribution in [0.5, 0.6) is 11.9 Å². The maximum Gasteiger partial charge on any atom is 0.316 e. The first-order chi connectivity index (χ1) is 11.2. The topological polar surface area (TPSA) is 73.3 Å². The molecule has 3 heterocycles. The standard InChI is InChI=1S/C15H18BrN5O2/c1-22-14-5-13(19-10-20-14)21-4-2-3-11(8-21)9-23-15-17-6-12(16)7-18-15/h5-7,10-11H,2-4,8-9H2,1H3. The fourth-order valence-corrected chi connectivity index (χ4v) is 2.80. The predicted octanol–water partition coefficient (Wildman–Crippen LogP) is 2.33. The molecule has 122 valence electrons. The van der Waals surface area contributed by atoms with Gasteiger partial charge in [0.1, 0.15) is 12.1 Å². The van der Waals surface area contributed by atoms with E-state index < -0.39 is 0 Å². The molecule has 0 aromatic carbocycles. The molecule has 1 aliphatic rings. The molecule has 0 N–H and O–H groups in total. The van der Waals surface area contributed by atoms with E-state index in [-0.39, 0.29) is 0 Å². The van der Waals surface area contributed by atoms with Crippen molar-refractivity contribution in [3.63, 3.8) is 0 Å². The third kappa shape index (κ3) is 4.28. The van der Waals surface area contributed by atoms with Crippen LogP contribution in [0, 0.1) is 5.92 Å². The van der Waals surface area contributed by atoms with Gasteiger partial charge in [-0.3, -0.25) is 0 Å². The summed E-state index contributed by atoms with van der Waals surface area (Å²) in [6, 6.07) is 2.27. The first-order valence-electron chi connectivity index (χ1n) is 7.46. The zero-order chi connectivity index (χ0) is 16.1. The Balaban J connectivity index is 1.58. The lowest BCUT2D eigenvalue weighted by atomic mass is 9.99. The molecule has 0 radical (unpaired) electrons. The van der Waals surface area contributed by atoms with Crippen molar-refractivity contribution >= 4 is 21.7 Å². The highest BCUT2D eigenvalue weighted by atomic mass is 79.9. The fourth-order valence-electron chi connectivity index (χ4n) is 2.59. The molecule has 1 saturated heterocycles. The minimum Gasteiger partial charge on any atom is -0.481 e. The first-order valence-corrected chi connectivity index (χ1v) is 8.25. The van der Waals surface area contributed by atoms with Crippen molar-refractivity contribution in [2.45, 2.75) is 12.8 Å². The number of piperidine rings is 1. The molecule has 1 unspecified atom stereocenters. The van der Waals surface area contributed by atoms with Gasteiger partial charge in [0, 0.05) is 37.5 Å². The lowest BCUT2D eigenvalue weighted by Crippen LogP contribution is -2.38. The Morgan fingerprint density at radius 1 is 1.26 bits per heavy atom. The molecule has 8 heteroatoms. The first kappa shape index (κ1) is 15.9. The zero-order valence-electron chi connectivity index (χ0n) is 12.9. The summed E-state index contributed by atoms with van der Waals surface area (Å²) in [5.41, 5.74) is 0. The third-order valence-electron chi connectivity index (χ3n) is 3.72. The number of ether oxygens (including phenoxy) is 2. The fraction of sp³-hybridized carbons (Fsp3) is 0.467. The Morgan fingerprint density at radius 2 is 2.09 bits per heavy atom. The van der Waals surface area contributed by atoms with Crippen LogP contribution >= 0.6 is 15.9 Å². The molecular formula is C15H18BrN5O2. The number of nitrogens with zero attached hydrogens (tertiary/aromatic N) is 5. The zero-order valence-corrected chi connectivity index (χ0v) is 14.4. The Bertz CT molecular complexity index is 640. The third-order valence-corrected chi connectivity index (χ3v) is 4.13. The second kappa shape index (κ2) is 7.54. The van der Waals surface area contributed by atoms with Crippen molar-refractivity contribution in [1.82, 2.24) is 19.9 Å². The van der Waals surface area contributed by atoms with E-state index in [0.29, 0.717) is 24.4 Å². The molecule has 1 fully saturated rings. The number of hydrogen-bond acceptors (Lipinski definition) is 7. The Labute approximate surface area is 143 Å². The van der Waals surface area contributed by atoms with E-state index in [9.17, 15) is 0 Å². The second-order valence-electron chi connectivity index (χ2n) is 5.37. The minimum absolute atomic E-state index is 0.411. The monoisotopic (exact) mass is 379 g/mol. The maximum atomic E-state index is 5.70. The summed E-state index contributed by atoms with van der Waals surface area (Å²) in [6.07, 6.45) is 7.12. The maximum absolute atomic E-state index is 5.70. The van der Waals surface area contributed by atoms with Gasteiger partial charge in [0.2, 0.25) is 5.88 Å². The summed E-state index contributed by atoms with van der Waals surface area (Å²) in [5, 5.41) is 0. The van der Waals surface area contributed by atoms with Gasteiger partial charge in [-0.2, -0.15) is 0 Å². The molecule has 2 aromatic heterocycles. The highest BCUT2D eigenvalue weighted by molar-refractivity contribution is 9.10. The van der Waals surface area contributed by atoms with E-state index in [1.165, 1.54) is 6.33 Å². The van der Waals surface area contributed by atoms with Crippen LogP contribution in [0.2, 0.25) is 0 Å². The molecule has 0 saturated carbocycles. The molecule has 23 heavy (non-hydrogen) atoms. The van der Waals surface area contributed by atoms with E-state index in [4.69, 9.17) is 9.47 Å². The van der Waals surface area contributed by atoms with Crippen LogP contribution in [0.1, 0.15) is 12.8 Å². The minimum atomic E-state index is 0.411. The number of methoxy groups -OCH3 is 1. The molecule has 0 amide bonds. The van der Waals surface area contributed by atoms with E-state index >= 15 is 0 Å². The molecule has 3 rings (SSSR count). The average molecular weight is 380 g/mol. The van der Waals surface area contributed by atoms with Gasteiger partial charge in [-0.05, 0) is 28.8 Å². The summed E-state index contributed by atoms with van der Waals surface area (Å²) >= 11 is 3.31. The van der Waals surface area contributed by atoms with E-state index in [1.807, 2.05) is 6.07 Å². The van der Waals surface area contributed by atoms with Gasteiger partial charge >= 0.3 is 6.01 Å². The Hall–Kier alpha value is -1.96. The summed E-state index contributed by atoms with van der Waals surface area (Å²) in [4.78, 5) is 18.9. The van der Waals surface area contributed by atoms with Gasteiger partial charge in [0.05, 0.1) is 18.2 Å². The summed E-state index contributed by atoms with van der Waals surface area (Å²) in [7, 11) is 1.61. The highest BCUT2D eigenvalue weighted by Crippen LogP contribution is 2.23. The van der Waals surface area contributed by atoms with Crippen molar-refractivity contribution < 1.29 is 9.47 Å². The molecule has 2 aromatic rings. The second-order valence-corrected chi connectivity index (χ2v) is 6.28. The molecular weight excluding hydrogens is 362 g/mol. The molecule has 0 bridgehead atoms. The van der Waals surface area contributed by atoms with Gasteiger partial charge in [-0.15, -0.1) is 0 Å². The number of hydrogen-bond donors (Lipinski definition) is 0. The molecule has 0 spiro atoms. The number of aromatic nitrogens is 4. The average Bonchev–Trinajstić information content (AvgIpc) is 2.61. The summed E-state index contributed by atoms with van der Waals surface area (Å²) < 4.78 is 11.7. The number of halogens is 1. The van der Waals surface area contributed by atoms with Crippen molar-refractivity contribution in [1.29, 1.82) is 0 Å². The van der Waals surface area contributed by atoms with E-state index in [0.717, 1.165) is 36.2 Å². The molecule has 1 aliphatic heterocycles. The summed E-state index contributed by atoms with van der Waals surface area (Å²) in [5.74, 6) is 1.88. The molecule has 1 atom stereocenters. The van der Waals surface area contributed by atoms with Crippen molar-refractivity contribution in [2.75, 3.05) is 31.7 Å². The van der Waals surface area contributed by atoms with Crippen molar-refractivity contribution in [3.8, 4) is 11.9 Å². The van der Waals surface area contributed by atoms with Crippen LogP contribution in [-0.2, 0) is 0 Å². The Kier molecular flexibility index (Phi) is 5.22. The number of rotatable bonds is 5. The van der Waals surface area contributed by atoms with E-state index in [2.05, 4.69) is 40.8 Å². The Morgan fingerprint density at radius 3 is 2.87 bits per heavy atom. The van der Waals surface area contributed by atoms with Crippen LogP contribution in [0.25, 0.3) is 0 Å². The van der Waals surface area contributed by atoms with Gasteiger partial charge in [-0.25, -0.2) is 19.9 Å². The van der Waals surface area contributed by atoms with E-state index in [1.54, 1.807) is 19.5 Å². The largest absolute Gasteiger partial charge is 0.481 e. The lowest BCUT2D eigenvalue weighted by molar-refractivity contribution is 0.213. The SMILES string of the molecule is COc1cc(N2CCCC(COc3ncc(Br)cn3)C2)ncn1. The van der Waals surface area contributed by atoms with Gasteiger partial charge in [-0.1, -0.05) is 0 Å². The van der Waals surface area contributed by atoms with Crippen LogP contribution in [-0.4, -0.2) is 46.7 Å². The van der Waals surface area contributed by atoms with Crippen LogP contribution < -0.4 is 14.4 Å². The smallest absolute Gasteiger partial charge is 0.316 e. The normalized spacial score (nSPS) is 17.8. The van der Waals surface area contributed by atoms with Crippen LogP contribution in [0.15, 0.2) is 29.3 Å². The van der Waals surface area contributed by atoms with Gasteiger partial charge in [0.15, 0.2) is 0 Å². The predicted molar refractivity (Wildman–Crippen MR) is 88.7 cm³/mol. The highest BCUT2D eigenvalue weighted by Gasteiger charge is 2.22. The summed E-state index contributed by atoms with van der Waals surface area (Å²) in [6.45, 7) is 2.46. The molecule has 7 nitrogen and oxygen atoms in total. The lowest BCUT2D eigenvalue weighted by Gasteiger charge is -2.33. The van der Waals surface area contributed by atoms with Crippen molar-refractivity contribution in [2.24, 2.45) is 5.92 Å². The van der Waals surface area contributed by atoms with Crippen molar-refractivity contribution in [3.05, 3.63) is 29.3 Å². The van der Waals surface area contributed by atoms with Crippen LogP contribution in [0.4, 0.5) is 5.82 Å².